The summed E-state index contributed by atoms with van der Waals surface area (Å²) in [7, 11) is -3.67. The molecular formula is C22H24N4O6S. The number of sulfonamides is 1. The first-order valence-corrected chi connectivity index (χ1v) is 12.1. The molecule has 1 aromatic heterocycles. The lowest BCUT2D eigenvalue weighted by molar-refractivity contribution is -0.117. The standard InChI is InChI=1S/C22H24N4O6S/c27-21(25-26-15-23-18-7-4-3-6-17(18)22(26)28)8-2-1-5-11-24-33(29,30)16-9-10-19-20(14-16)32-13-12-31-19/h3-4,6-7,9-10,14-15,24H,1-2,5,8,11-13H2,(H,25,27). The van der Waals surface area contributed by atoms with Gasteiger partial charge in [0.2, 0.25) is 15.9 Å². The zero-order valence-electron chi connectivity index (χ0n) is 17.8. The van der Waals surface area contributed by atoms with E-state index in [1.54, 1.807) is 30.3 Å². The van der Waals surface area contributed by atoms with Crippen molar-refractivity contribution in [1.82, 2.24) is 14.4 Å². The number of ether oxygens (including phenoxy) is 2. The lowest BCUT2D eigenvalue weighted by atomic mass is 10.2. The highest BCUT2D eigenvalue weighted by molar-refractivity contribution is 7.89. The Labute approximate surface area is 190 Å². The predicted octanol–water partition coefficient (Wildman–Crippen LogP) is 1.78. The number of rotatable bonds is 9. The van der Waals surface area contributed by atoms with Crippen LogP contribution < -0.4 is 25.2 Å². The van der Waals surface area contributed by atoms with Gasteiger partial charge in [-0.25, -0.2) is 22.8 Å². The molecule has 0 unspecified atom stereocenters. The number of fused-ring (bicyclic) bond motifs is 2. The number of amides is 1. The largest absolute Gasteiger partial charge is 0.486 e. The second kappa shape index (κ2) is 10.0. The minimum atomic E-state index is -3.67. The molecule has 1 aliphatic heterocycles. The number of aromatic nitrogens is 2. The van der Waals surface area contributed by atoms with Crippen LogP contribution in [0, 0.1) is 0 Å². The van der Waals surface area contributed by atoms with Crippen LogP contribution in [-0.4, -0.2) is 43.7 Å². The number of para-hydroxylation sites is 1. The third kappa shape index (κ3) is 5.49. The first-order valence-electron chi connectivity index (χ1n) is 10.6. The summed E-state index contributed by atoms with van der Waals surface area (Å²) in [4.78, 5) is 28.8. The summed E-state index contributed by atoms with van der Waals surface area (Å²) in [6.07, 6.45) is 3.24. The fraction of sp³-hybridized carbons (Fsp3) is 0.318. The molecule has 33 heavy (non-hydrogen) atoms. The minimum absolute atomic E-state index is 0.112. The van der Waals surface area contributed by atoms with Crippen molar-refractivity contribution < 1.29 is 22.7 Å². The van der Waals surface area contributed by atoms with Gasteiger partial charge in [0.15, 0.2) is 11.5 Å². The molecule has 0 saturated carbocycles. The lowest BCUT2D eigenvalue weighted by Gasteiger charge is -2.18. The van der Waals surface area contributed by atoms with Gasteiger partial charge in [-0.3, -0.25) is 15.0 Å². The van der Waals surface area contributed by atoms with Gasteiger partial charge in [-0.15, -0.1) is 0 Å². The number of hydrogen-bond acceptors (Lipinski definition) is 7. The summed E-state index contributed by atoms with van der Waals surface area (Å²) >= 11 is 0. The van der Waals surface area contributed by atoms with E-state index < -0.39 is 10.0 Å². The molecular weight excluding hydrogens is 448 g/mol. The Bertz CT molecular complexity index is 1320. The van der Waals surface area contributed by atoms with Crippen LogP contribution in [-0.2, 0) is 14.8 Å². The summed E-state index contributed by atoms with van der Waals surface area (Å²) in [5.41, 5.74) is 2.75. The fourth-order valence-electron chi connectivity index (χ4n) is 3.41. The molecule has 2 heterocycles. The van der Waals surface area contributed by atoms with Gasteiger partial charge in [0.25, 0.3) is 5.56 Å². The Morgan fingerprint density at radius 1 is 1.03 bits per heavy atom. The van der Waals surface area contributed by atoms with Gasteiger partial charge >= 0.3 is 0 Å². The zero-order valence-corrected chi connectivity index (χ0v) is 18.6. The molecule has 10 nitrogen and oxygen atoms in total. The van der Waals surface area contributed by atoms with E-state index in [0.717, 1.165) is 4.68 Å². The molecule has 0 aliphatic carbocycles. The molecule has 0 bridgehead atoms. The number of benzene rings is 2. The van der Waals surface area contributed by atoms with Crippen molar-refractivity contribution in [3.8, 4) is 11.5 Å². The van der Waals surface area contributed by atoms with E-state index in [1.165, 1.54) is 18.5 Å². The second-order valence-electron chi connectivity index (χ2n) is 7.49. The van der Waals surface area contributed by atoms with E-state index in [2.05, 4.69) is 15.1 Å². The van der Waals surface area contributed by atoms with Crippen LogP contribution in [0.2, 0.25) is 0 Å². The fourth-order valence-corrected chi connectivity index (χ4v) is 4.50. The second-order valence-corrected chi connectivity index (χ2v) is 9.25. The number of carbonyl (C=O) groups is 1. The molecule has 0 fully saturated rings. The van der Waals surface area contributed by atoms with E-state index in [9.17, 15) is 18.0 Å². The third-order valence-corrected chi connectivity index (χ3v) is 6.57. The molecule has 11 heteroatoms. The first-order chi connectivity index (χ1) is 15.9. The maximum absolute atomic E-state index is 12.5. The number of nitrogens with one attached hydrogen (secondary N) is 2. The minimum Gasteiger partial charge on any atom is -0.486 e. The van der Waals surface area contributed by atoms with Crippen molar-refractivity contribution in [1.29, 1.82) is 0 Å². The van der Waals surface area contributed by atoms with Crippen molar-refractivity contribution in [2.45, 2.75) is 30.6 Å². The summed E-state index contributed by atoms with van der Waals surface area (Å²) in [6.45, 7) is 1.06. The number of carbonyl (C=O) groups excluding carboxylic acids is 1. The smallest absolute Gasteiger partial charge is 0.280 e. The highest BCUT2D eigenvalue weighted by Crippen LogP contribution is 2.32. The van der Waals surface area contributed by atoms with Gasteiger partial charge in [0.05, 0.1) is 15.8 Å². The average Bonchev–Trinajstić information content (AvgIpc) is 2.83. The van der Waals surface area contributed by atoms with Gasteiger partial charge in [-0.2, -0.15) is 0 Å². The Hall–Kier alpha value is -3.44. The first kappa shape index (κ1) is 22.7. The number of nitrogens with zero attached hydrogens (tertiary/aromatic N) is 2. The van der Waals surface area contributed by atoms with E-state index in [4.69, 9.17) is 9.47 Å². The molecule has 0 radical (unpaired) electrons. The van der Waals surface area contributed by atoms with E-state index in [-0.39, 0.29) is 29.3 Å². The van der Waals surface area contributed by atoms with Gasteiger partial charge in [0, 0.05) is 19.0 Å². The molecule has 4 rings (SSSR count). The molecule has 2 aromatic carbocycles. The Kier molecular flexibility index (Phi) is 6.90. The van der Waals surface area contributed by atoms with Crippen LogP contribution in [0.1, 0.15) is 25.7 Å². The van der Waals surface area contributed by atoms with E-state index in [1.807, 2.05) is 0 Å². The summed E-state index contributed by atoms with van der Waals surface area (Å²) < 4.78 is 39.4. The highest BCUT2D eigenvalue weighted by atomic mass is 32.2. The van der Waals surface area contributed by atoms with Gasteiger partial charge in [-0.1, -0.05) is 18.6 Å². The summed E-state index contributed by atoms with van der Waals surface area (Å²) in [5, 5.41) is 0.422. The maximum atomic E-state index is 12.5. The summed E-state index contributed by atoms with van der Waals surface area (Å²) in [5.74, 6) is 0.627. The molecule has 0 atom stereocenters. The monoisotopic (exact) mass is 472 g/mol. The Balaban J connectivity index is 1.20. The van der Waals surface area contributed by atoms with Crippen molar-refractivity contribution in [3.05, 3.63) is 59.1 Å². The maximum Gasteiger partial charge on any atom is 0.280 e. The molecule has 3 aromatic rings. The molecule has 1 amide bonds. The molecule has 174 valence electrons. The van der Waals surface area contributed by atoms with Crippen LogP contribution in [0.15, 0.2) is 58.5 Å². The SMILES string of the molecule is O=C(CCCCCNS(=O)(=O)c1ccc2c(c1)OCCO2)Nn1cnc2ccccc2c1=O. The van der Waals surface area contributed by atoms with Gasteiger partial charge < -0.3 is 9.47 Å². The van der Waals surface area contributed by atoms with E-state index >= 15 is 0 Å². The van der Waals surface area contributed by atoms with Crippen LogP contribution in [0.4, 0.5) is 0 Å². The van der Waals surface area contributed by atoms with E-state index in [0.29, 0.717) is 54.9 Å². The topological polar surface area (TPSA) is 129 Å². The molecule has 0 saturated heterocycles. The number of unbranched alkanes of at least 4 members (excludes halogenated alkanes) is 2. The summed E-state index contributed by atoms with van der Waals surface area (Å²) in [6, 6.07) is 11.4. The third-order valence-electron chi connectivity index (χ3n) is 5.11. The molecule has 2 N–H and O–H groups in total. The van der Waals surface area contributed by atoms with Crippen molar-refractivity contribution in [2.24, 2.45) is 0 Å². The molecule has 1 aliphatic rings. The van der Waals surface area contributed by atoms with Crippen molar-refractivity contribution >= 4 is 26.8 Å². The number of hydrogen-bond donors (Lipinski definition) is 2. The van der Waals surface area contributed by atoms with Crippen LogP contribution in [0.25, 0.3) is 10.9 Å². The van der Waals surface area contributed by atoms with Crippen LogP contribution in [0.5, 0.6) is 11.5 Å². The molecule has 0 spiro atoms. The normalized spacial score (nSPS) is 13.1. The predicted molar refractivity (Wildman–Crippen MR) is 121 cm³/mol. The lowest BCUT2D eigenvalue weighted by Crippen LogP contribution is -2.33. The quantitative estimate of drug-likeness (QED) is 0.454. The highest BCUT2D eigenvalue weighted by Gasteiger charge is 2.19. The zero-order chi connectivity index (χ0) is 23.3. The van der Waals surface area contributed by atoms with Crippen molar-refractivity contribution in [3.63, 3.8) is 0 Å². The van der Waals surface area contributed by atoms with Gasteiger partial charge in [0.1, 0.15) is 19.5 Å². The average molecular weight is 473 g/mol. The Morgan fingerprint density at radius 2 is 1.82 bits per heavy atom. The van der Waals surface area contributed by atoms with Crippen LogP contribution in [0.3, 0.4) is 0 Å². The Morgan fingerprint density at radius 3 is 2.67 bits per heavy atom. The van der Waals surface area contributed by atoms with Gasteiger partial charge in [-0.05, 0) is 37.1 Å². The van der Waals surface area contributed by atoms with Crippen LogP contribution >= 0.6 is 0 Å². The van der Waals surface area contributed by atoms with Crippen molar-refractivity contribution in [2.75, 3.05) is 25.2 Å².